The third-order valence-electron chi connectivity index (χ3n) is 11.9. The van der Waals surface area contributed by atoms with Crippen molar-refractivity contribution >= 4 is 49.3 Å². The van der Waals surface area contributed by atoms with Gasteiger partial charge in [0.25, 0.3) is 11.8 Å². The lowest BCUT2D eigenvalue weighted by Gasteiger charge is -2.37. The van der Waals surface area contributed by atoms with E-state index in [1.807, 2.05) is 0 Å². The fourth-order valence-corrected chi connectivity index (χ4v) is 11.2. The van der Waals surface area contributed by atoms with Crippen LogP contribution in [0.2, 0.25) is 0 Å². The number of nitrogens with zero attached hydrogens (tertiary/aromatic N) is 5. The summed E-state index contributed by atoms with van der Waals surface area (Å²) in [5.74, 6) is -5.45. The number of hydrogen-bond donors (Lipinski definition) is 4. The standard InChI is InChI=1S/C37H52N8O10S2/c1-36(2,51)30-21-39-42-45(30)26-20-29(34(49)41-37(31(46)32(38)47)15-17-56(52,53)18-16-37)44(22-26)35(50)28(19-23-7-5-4-6-8-23)40-33(48)24-9-13-27(14-10-24)57(54,55)43(3)25-11-12-25/h9-10,13-14,21,23,25-26,28-29,51H,4-8,11-12,15-20,22H2,1-3H3,(H2,38,47)(H,40,48)(H,41,49)/t26-,28+,29-/m0/s1. The Morgan fingerprint density at radius 2 is 1.67 bits per heavy atom. The van der Waals surface area contributed by atoms with Crippen molar-refractivity contribution in [3.63, 3.8) is 0 Å². The number of aromatic nitrogens is 3. The lowest BCUT2D eigenvalue weighted by atomic mass is 9.84. The third-order valence-corrected chi connectivity index (χ3v) is 15.4. The van der Waals surface area contributed by atoms with Crippen molar-refractivity contribution in [3.05, 3.63) is 41.7 Å². The maximum Gasteiger partial charge on any atom is 0.287 e. The predicted molar refractivity (Wildman–Crippen MR) is 204 cm³/mol. The first-order valence-electron chi connectivity index (χ1n) is 19.4. The molecule has 20 heteroatoms. The summed E-state index contributed by atoms with van der Waals surface area (Å²) in [5, 5.41) is 24.5. The van der Waals surface area contributed by atoms with Crippen molar-refractivity contribution in [2.75, 3.05) is 25.1 Å². The topological polar surface area (TPSA) is 261 Å². The summed E-state index contributed by atoms with van der Waals surface area (Å²) in [6.45, 7) is 2.94. The second-order valence-corrected chi connectivity index (χ2v) is 20.8. The Labute approximate surface area is 332 Å². The Balaban J connectivity index is 1.31. The van der Waals surface area contributed by atoms with Gasteiger partial charge in [-0.1, -0.05) is 37.3 Å². The Morgan fingerprint density at radius 1 is 1.04 bits per heavy atom. The van der Waals surface area contributed by atoms with E-state index in [2.05, 4.69) is 20.9 Å². The van der Waals surface area contributed by atoms with E-state index < -0.39 is 103 Å². The van der Waals surface area contributed by atoms with Gasteiger partial charge in [0.1, 0.15) is 23.2 Å². The van der Waals surface area contributed by atoms with Crippen LogP contribution < -0.4 is 16.4 Å². The van der Waals surface area contributed by atoms with E-state index in [-0.39, 0.29) is 41.8 Å². The monoisotopic (exact) mass is 832 g/mol. The highest BCUT2D eigenvalue weighted by atomic mass is 32.2. The molecule has 4 amide bonds. The Bertz CT molecular complexity index is 2090. The molecule has 312 valence electrons. The Kier molecular flexibility index (Phi) is 12.0. The first kappa shape index (κ1) is 42.3. The first-order chi connectivity index (χ1) is 26.7. The molecular weight excluding hydrogens is 781 g/mol. The van der Waals surface area contributed by atoms with Crippen molar-refractivity contribution in [1.82, 2.24) is 34.8 Å². The molecule has 2 aromatic rings. The van der Waals surface area contributed by atoms with Crippen LogP contribution in [0.25, 0.3) is 0 Å². The second kappa shape index (κ2) is 16.2. The molecule has 0 bridgehead atoms. The number of hydrogen-bond acceptors (Lipinski definition) is 12. The molecule has 1 aromatic heterocycles. The number of likely N-dealkylation sites (tertiary alicyclic amines) is 1. The number of nitrogens with one attached hydrogen (secondary N) is 2. The SMILES string of the molecule is CN(C1CC1)S(=O)(=O)c1ccc(C(=O)N[C@H](CC2CCCCC2)C(=O)N2C[C@@H](n3nncc3C(C)(C)O)C[C@H]2C(=O)NC2(C(=O)C(N)=O)CCS(=O)(=O)CC2)cc1. The summed E-state index contributed by atoms with van der Waals surface area (Å²) in [6, 6.07) is 2.28. The van der Waals surface area contributed by atoms with Crippen LogP contribution in [0.4, 0.5) is 0 Å². The second-order valence-electron chi connectivity index (χ2n) is 16.5. The Hall–Kier alpha value is -4.27. The predicted octanol–water partition coefficient (Wildman–Crippen LogP) is 0.317. The highest BCUT2D eigenvalue weighted by Crippen LogP contribution is 2.35. The minimum Gasteiger partial charge on any atom is -0.384 e. The molecule has 2 saturated heterocycles. The zero-order chi connectivity index (χ0) is 41.5. The molecule has 2 aliphatic carbocycles. The number of benzene rings is 1. The number of carbonyl (C=O) groups excluding carboxylic acids is 5. The van der Waals surface area contributed by atoms with Crippen LogP contribution in [-0.2, 0) is 44.6 Å². The number of sulfonamides is 1. The van der Waals surface area contributed by atoms with E-state index in [1.165, 1.54) is 65.2 Å². The van der Waals surface area contributed by atoms with Gasteiger partial charge >= 0.3 is 0 Å². The molecule has 0 spiro atoms. The van der Waals surface area contributed by atoms with Gasteiger partial charge in [-0.2, -0.15) is 4.31 Å². The fraction of sp³-hybridized carbons (Fsp3) is 0.649. The maximum atomic E-state index is 14.9. The third kappa shape index (κ3) is 9.23. The minimum absolute atomic E-state index is 0.0296. The van der Waals surface area contributed by atoms with Gasteiger partial charge in [0.05, 0.1) is 34.3 Å². The number of carbonyl (C=O) groups is 5. The van der Waals surface area contributed by atoms with Crippen molar-refractivity contribution in [2.24, 2.45) is 11.7 Å². The zero-order valence-corrected chi connectivity index (χ0v) is 34.1. The van der Waals surface area contributed by atoms with E-state index in [1.54, 1.807) is 0 Å². The van der Waals surface area contributed by atoms with Gasteiger partial charge in [-0.15, -0.1) is 5.10 Å². The number of Topliss-reactive ketones (excluding diaryl/α,β-unsaturated/α-hetero) is 1. The van der Waals surface area contributed by atoms with Crippen molar-refractivity contribution in [2.45, 2.75) is 125 Å². The van der Waals surface area contributed by atoms with Gasteiger partial charge in [-0.05, 0) is 76.1 Å². The number of nitrogens with two attached hydrogens (primary N) is 1. The molecule has 0 radical (unpaired) electrons. The molecule has 2 aliphatic heterocycles. The van der Waals surface area contributed by atoms with Crippen LogP contribution in [0, 0.1) is 5.92 Å². The lowest BCUT2D eigenvalue weighted by molar-refractivity contribution is -0.145. The van der Waals surface area contributed by atoms with E-state index in [9.17, 15) is 45.9 Å². The summed E-state index contributed by atoms with van der Waals surface area (Å²) >= 11 is 0. The molecule has 0 unspecified atom stereocenters. The number of aliphatic hydroxyl groups is 1. The summed E-state index contributed by atoms with van der Waals surface area (Å²) in [6.07, 6.45) is 6.89. The van der Waals surface area contributed by atoms with Crippen LogP contribution in [0.1, 0.15) is 107 Å². The van der Waals surface area contributed by atoms with Crippen LogP contribution in [-0.4, -0.2) is 124 Å². The first-order valence-corrected chi connectivity index (χ1v) is 22.7. The van der Waals surface area contributed by atoms with E-state index in [0.29, 0.717) is 5.69 Å². The van der Waals surface area contributed by atoms with Crippen LogP contribution in [0.3, 0.4) is 0 Å². The summed E-state index contributed by atoms with van der Waals surface area (Å²) in [7, 11) is -5.80. The number of primary amides is 1. The van der Waals surface area contributed by atoms with Crippen LogP contribution in [0.15, 0.2) is 35.4 Å². The van der Waals surface area contributed by atoms with Crippen molar-refractivity contribution < 1.29 is 45.9 Å². The lowest BCUT2D eigenvalue weighted by Crippen LogP contribution is -2.64. The largest absolute Gasteiger partial charge is 0.384 e. The summed E-state index contributed by atoms with van der Waals surface area (Å²) < 4.78 is 53.7. The number of rotatable bonds is 14. The van der Waals surface area contributed by atoms with Gasteiger partial charge in [0, 0.05) is 31.6 Å². The quantitative estimate of drug-likeness (QED) is 0.188. The average Bonchev–Trinajstić information content (AvgIpc) is 3.70. The van der Waals surface area contributed by atoms with Crippen molar-refractivity contribution in [1.29, 1.82) is 0 Å². The molecule has 4 fully saturated rings. The van der Waals surface area contributed by atoms with Gasteiger partial charge < -0.3 is 26.4 Å². The van der Waals surface area contributed by atoms with E-state index in [0.717, 1.165) is 44.9 Å². The van der Waals surface area contributed by atoms with Gasteiger partial charge in [-0.25, -0.2) is 21.5 Å². The van der Waals surface area contributed by atoms with Crippen LogP contribution >= 0.6 is 0 Å². The number of sulfone groups is 1. The molecule has 1 aromatic carbocycles. The highest BCUT2D eigenvalue weighted by Gasteiger charge is 2.51. The molecule has 3 heterocycles. The average molecular weight is 833 g/mol. The summed E-state index contributed by atoms with van der Waals surface area (Å²) in [4.78, 5) is 69.8. The van der Waals surface area contributed by atoms with Gasteiger partial charge in [0.2, 0.25) is 27.6 Å². The molecule has 6 rings (SSSR count). The van der Waals surface area contributed by atoms with Crippen molar-refractivity contribution in [3.8, 4) is 0 Å². The Morgan fingerprint density at radius 3 is 2.25 bits per heavy atom. The fourth-order valence-electron chi connectivity index (χ4n) is 8.28. The molecule has 57 heavy (non-hydrogen) atoms. The van der Waals surface area contributed by atoms with Gasteiger partial charge in [0.15, 0.2) is 9.84 Å². The number of amides is 4. The molecule has 3 atom stereocenters. The normalized spacial score (nSPS) is 23.1. The van der Waals surface area contributed by atoms with E-state index >= 15 is 0 Å². The van der Waals surface area contributed by atoms with E-state index in [4.69, 9.17) is 5.73 Å². The molecule has 2 saturated carbocycles. The van der Waals surface area contributed by atoms with Crippen LogP contribution in [0.5, 0.6) is 0 Å². The molecule has 4 aliphatic rings. The zero-order valence-electron chi connectivity index (χ0n) is 32.4. The number of ketones is 1. The maximum absolute atomic E-state index is 14.9. The van der Waals surface area contributed by atoms with Gasteiger partial charge in [-0.3, -0.25) is 24.0 Å². The highest BCUT2D eigenvalue weighted by molar-refractivity contribution is 7.91. The smallest absolute Gasteiger partial charge is 0.287 e. The molecule has 5 N–H and O–H groups in total. The molecule has 18 nitrogen and oxygen atoms in total. The summed E-state index contributed by atoms with van der Waals surface area (Å²) in [5.41, 5.74) is 2.47. The minimum atomic E-state index is -3.77. The molecular formula is C37H52N8O10S2.